The van der Waals surface area contributed by atoms with Gasteiger partial charge in [0, 0.05) is 6.08 Å². The SMILES string of the molecule is C=C/C=C/C=C/C(=O)OC(C(F)(F)F)C(F)(F)S(=O)(=O)O. The zero-order valence-electron chi connectivity index (χ0n) is 10.0. The van der Waals surface area contributed by atoms with Crippen molar-refractivity contribution in [2.45, 2.75) is 17.5 Å². The molecule has 1 unspecified atom stereocenters. The zero-order chi connectivity index (χ0) is 16.9. The van der Waals surface area contributed by atoms with Crippen LogP contribution in [0, 0.1) is 0 Å². The second-order valence-corrected chi connectivity index (χ2v) is 4.87. The first-order valence-corrected chi connectivity index (χ1v) is 6.36. The van der Waals surface area contributed by atoms with Crippen molar-refractivity contribution in [2.75, 3.05) is 0 Å². The Labute approximate surface area is 116 Å². The Balaban J connectivity index is 5.33. The maximum Gasteiger partial charge on any atom is 0.432 e. The first-order valence-electron chi connectivity index (χ1n) is 4.92. The lowest BCUT2D eigenvalue weighted by Gasteiger charge is -2.25. The zero-order valence-corrected chi connectivity index (χ0v) is 10.9. The number of carbonyl (C=O) groups excluding carboxylic acids is 1. The fourth-order valence-electron chi connectivity index (χ4n) is 0.893. The van der Waals surface area contributed by atoms with E-state index in [1.807, 2.05) is 0 Å². The Bertz CT molecular complexity index is 547. The molecule has 0 spiro atoms. The Hall–Kier alpha value is -1.75. The fraction of sp³-hybridized carbons (Fsp3) is 0.300. The van der Waals surface area contributed by atoms with Gasteiger partial charge in [0.15, 0.2) is 0 Å². The summed E-state index contributed by atoms with van der Waals surface area (Å²) < 4.78 is 95.2. The van der Waals surface area contributed by atoms with Crippen molar-refractivity contribution in [3.8, 4) is 0 Å². The van der Waals surface area contributed by atoms with Crippen LogP contribution in [0.3, 0.4) is 0 Å². The summed E-state index contributed by atoms with van der Waals surface area (Å²) in [5.41, 5.74) is 0. The van der Waals surface area contributed by atoms with E-state index in [1.165, 1.54) is 12.2 Å². The van der Waals surface area contributed by atoms with Gasteiger partial charge in [0.1, 0.15) is 0 Å². The van der Waals surface area contributed by atoms with Gasteiger partial charge in [-0.15, -0.1) is 0 Å². The summed E-state index contributed by atoms with van der Waals surface area (Å²) in [5, 5.41) is -5.74. The quantitative estimate of drug-likeness (QED) is 0.264. The number of alkyl halides is 5. The largest absolute Gasteiger partial charge is 0.442 e. The Kier molecular flexibility index (Phi) is 6.24. The van der Waals surface area contributed by atoms with E-state index in [-0.39, 0.29) is 0 Å². The fourth-order valence-corrected chi connectivity index (χ4v) is 1.35. The van der Waals surface area contributed by atoms with E-state index in [4.69, 9.17) is 4.55 Å². The van der Waals surface area contributed by atoms with Gasteiger partial charge in [0.05, 0.1) is 0 Å². The van der Waals surface area contributed by atoms with Crippen molar-refractivity contribution in [3.05, 3.63) is 37.0 Å². The molecule has 0 saturated heterocycles. The van der Waals surface area contributed by atoms with Crippen molar-refractivity contribution in [1.82, 2.24) is 0 Å². The molecule has 0 saturated carbocycles. The van der Waals surface area contributed by atoms with Gasteiger partial charge in [-0.1, -0.05) is 30.9 Å². The third-order valence-electron chi connectivity index (χ3n) is 1.77. The molecule has 0 aromatic carbocycles. The highest BCUT2D eigenvalue weighted by molar-refractivity contribution is 7.86. The van der Waals surface area contributed by atoms with Crippen molar-refractivity contribution in [2.24, 2.45) is 0 Å². The molecule has 0 aromatic rings. The van der Waals surface area contributed by atoms with E-state index in [0.717, 1.165) is 12.2 Å². The maximum atomic E-state index is 13.0. The van der Waals surface area contributed by atoms with Crippen LogP contribution in [0.2, 0.25) is 0 Å². The van der Waals surface area contributed by atoms with Gasteiger partial charge in [-0.2, -0.15) is 30.4 Å². The minimum Gasteiger partial charge on any atom is -0.442 e. The van der Waals surface area contributed by atoms with E-state index >= 15 is 0 Å². The Morgan fingerprint density at radius 1 is 1.14 bits per heavy atom. The van der Waals surface area contributed by atoms with Gasteiger partial charge < -0.3 is 4.74 Å². The molecule has 5 nitrogen and oxygen atoms in total. The van der Waals surface area contributed by atoms with Crippen LogP contribution in [0.15, 0.2) is 37.0 Å². The molecule has 0 aliphatic carbocycles. The van der Waals surface area contributed by atoms with Crippen molar-refractivity contribution < 1.29 is 44.5 Å². The highest BCUT2D eigenvalue weighted by atomic mass is 32.2. The van der Waals surface area contributed by atoms with Crippen LogP contribution in [0.5, 0.6) is 0 Å². The smallest absolute Gasteiger partial charge is 0.432 e. The summed E-state index contributed by atoms with van der Waals surface area (Å²) in [7, 11) is -6.44. The number of hydrogen-bond donors (Lipinski definition) is 1. The van der Waals surface area contributed by atoms with E-state index in [1.54, 1.807) is 0 Å². The first kappa shape index (κ1) is 19.2. The van der Waals surface area contributed by atoms with Gasteiger partial charge >= 0.3 is 27.5 Å². The van der Waals surface area contributed by atoms with Gasteiger partial charge in [-0.3, -0.25) is 4.55 Å². The van der Waals surface area contributed by atoms with Crippen molar-refractivity contribution in [3.63, 3.8) is 0 Å². The lowest BCUT2D eigenvalue weighted by Crippen LogP contribution is -2.52. The number of halogens is 5. The van der Waals surface area contributed by atoms with Crippen molar-refractivity contribution in [1.29, 1.82) is 0 Å². The van der Waals surface area contributed by atoms with Gasteiger partial charge in [-0.25, -0.2) is 4.79 Å². The lowest BCUT2D eigenvalue weighted by molar-refractivity contribution is -0.257. The normalized spacial score (nSPS) is 15.3. The molecule has 0 heterocycles. The van der Waals surface area contributed by atoms with E-state index < -0.39 is 33.6 Å². The third-order valence-corrected chi connectivity index (χ3v) is 2.67. The van der Waals surface area contributed by atoms with Crippen LogP contribution in [0.1, 0.15) is 0 Å². The minimum atomic E-state index is -6.44. The molecule has 120 valence electrons. The number of rotatable bonds is 6. The molecule has 0 amide bonds. The van der Waals surface area contributed by atoms with Crippen LogP contribution in [-0.4, -0.2) is 36.5 Å². The molecule has 1 atom stereocenters. The number of hydrogen-bond acceptors (Lipinski definition) is 4. The first-order chi connectivity index (χ1) is 9.34. The predicted molar refractivity (Wildman–Crippen MR) is 60.9 cm³/mol. The average Bonchev–Trinajstić information content (AvgIpc) is 2.28. The monoisotopic (exact) mass is 336 g/mol. The Morgan fingerprint density at radius 3 is 2.05 bits per heavy atom. The van der Waals surface area contributed by atoms with Gasteiger partial charge in [-0.05, 0) is 0 Å². The standard InChI is InChI=1S/C10H9F5O5S/c1-2-3-4-5-6-7(16)20-8(9(11,12)13)10(14,15)21(17,18)19/h2-6,8H,1H2,(H,17,18,19)/b4-3+,6-5+. The second kappa shape index (κ2) is 6.80. The summed E-state index contributed by atoms with van der Waals surface area (Å²) >= 11 is 0. The molecule has 21 heavy (non-hydrogen) atoms. The molecule has 11 heteroatoms. The average molecular weight is 336 g/mol. The van der Waals surface area contributed by atoms with Crippen LogP contribution in [0.4, 0.5) is 22.0 Å². The molecule has 0 radical (unpaired) electrons. The lowest BCUT2D eigenvalue weighted by atomic mass is 10.3. The van der Waals surface area contributed by atoms with E-state index in [9.17, 15) is 35.2 Å². The molecule has 0 aliphatic rings. The summed E-state index contributed by atoms with van der Waals surface area (Å²) in [5.74, 6) is -1.88. The van der Waals surface area contributed by atoms with Crippen LogP contribution in [-0.2, 0) is 19.6 Å². The third kappa shape index (κ3) is 5.63. The second-order valence-electron chi connectivity index (χ2n) is 3.38. The van der Waals surface area contributed by atoms with Gasteiger partial charge in [0.25, 0.3) is 6.10 Å². The molecule has 0 bridgehead atoms. The molecular weight excluding hydrogens is 327 g/mol. The number of allylic oxidation sites excluding steroid dienone is 4. The number of ether oxygens (including phenoxy) is 1. The molecule has 1 N–H and O–H groups in total. The molecule has 0 fully saturated rings. The summed E-state index contributed by atoms with van der Waals surface area (Å²) in [4.78, 5) is 11.0. The molecule has 0 aliphatic heterocycles. The number of esters is 1. The molecular formula is C10H9F5O5S. The summed E-state index contributed by atoms with van der Waals surface area (Å²) in [6.07, 6.45) is -5.43. The van der Waals surface area contributed by atoms with Crippen molar-refractivity contribution >= 4 is 16.1 Å². The van der Waals surface area contributed by atoms with Crippen LogP contribution >= 0.6 is 0 Å². The maximum absolute atomic E-state index is 13.0. The van der Waals surface area contributed by atoms with Crippen LogP contribution < -0.4 is 0 Å². The van der Waals surface area contributed by atoms with Gasteiger partial charge in [0.2, 0.25) is 0 Å². The van der Waals surface area contributed by atoms with E-state index in [2.05, 4.69) is 11.3 Å². The number of carbonyl (C=O) groups is 1. The molecule has 0 rings (SSSR count). The molecule has 0 aromatic heterocycles. The highest BCUT2D eigenvalue weighted by Gasteiger charge is 2.65. The van der Waals surface area contributed by atoms with E-state index in [0.29, 0.717) is 6.08 Å². The van der Waals surface area contributed by atoms with Crippen LogP contribution in [0.25, 0.3) is 0 Å². The topological polar surface area (TPSA) is 80.7 Å². The predicted octanol–water partition coefficient (Wildman–Crippen LogP) is 2.24. The minimum absolute atomic E-state index is 0.346. The summed E-state index contributed by atoms with van der Waals surface area (Å²) in [6.45, 7) is 3.24. The summed E-state index contributed by atoms with van der Waals surface area (Å²) in [6, 6.07) is 0. The Morgan fingerprint density at radius 2 is 1.67 bits per heavy atom. The highest BCUT2D eigenvalue weighted by Crippen LogP contribution is 2.38.